The van der Waals surface area contributed by atoms with Gasteiger partial charge in [-0.3, -0.25) is 0 Å². The zero-order chi connectivity index (χ0) is 14.4. The van der Waals surface area contributed by atoms with Gasteiger partial charge in [-0.25, -0.2) is 0 Å². The zero-order valence-electron chi connectivity index (χ0n) is 12.1. The van der Waals surface area contributed by atoms with Crippen LogP contribution in [0, 0.1) is 0 Å². The summed E-state index contributed by atoms with van der Waals surface area (Å²) in [6, 6.07) is 16.6. The van der Waals surface area contributed by atoms with E-state index in [1.54, 1.807) is 0 Å². The molecule has 2 rings (SSSR count). The number of likely N-dealkylation sites (N-methyl/N-ethyl adjacent to an activating group) is 1. The molecule has 0 aliphatic heterocycles. The summed E-state index contributed by atoms with van der Waals surface area (Å²) < 4.78 is 0. The van der Waals surface area contributed by atoms with Crippen LogP contribution in [0.5, 0.6) is 0 Å². The largest absolute Gasteiger partial charge is 0.382 e. The number of nitrogens with zero attached hydrogens (tertiary/aromatic N) is 1. The molecular formula is C17H21ClN2. The molecule has 2 nitrogen and oxygen atoms in total. The van der Waals surface area contributed by atoms with Crippen LogP contribution in [0.25, 0.3) is 0 Å². The highest BCUT2D eigenvalue weighted by molar-refractivity contribution is 6.33. The molecule has 3 heteroatoms. The van der Waals surface area contributed by atoms with Gasteiger partial charge in [0.1, 0.15) is 0 Å². The minimum Gasteiger partial charge on any atom is -0.382 e. The average Bonchev–Trinajstić information content (AvgIpc) is 2.49. The number of aryl methyl sites for hydroxylation is 1. The van der Waals surface area contributed by atoms with E-state index in [2.05, 4.69) is 48.5 Å². The number of halogens is 1. The molecular weight excluding hydrogens is 268 g/mol. The fraction of sp³-hybridized carbons (Fsp3) is 0.294. The Kier molecular flexibility index (Phi) is 5.31. The Hall–Kier alpha value is -1.67. The predicted octanol–water partition coefficient (Wildman–Crippen LogP) is 4.45. The molecule has 2 aromatic carbocycles. The van der Waals surface area contributed by atoms with E-state index in [4.69, 9.17) is 11.6 Å². The number of hydrogen-bond acceptors (Lipinski definition) is 2. The summed E-state index contributed by atoms with van der Waals surface area (Å²) in [5, 5.41) is 4.13. The molecule has 0 heterocycles. The topological polar surface area (TPSA) is 15.3 Å². The average molecular weight is 289 g/mol. The fourth-order valence-electron chi connectivity index (χ4n) is 2.08. The smallest absolute Gasteiger partial charge is 0.0637 e. The summed E-state index contributed by atoms with van der Waals surface area (Å²) in [5.41, 5.74) is 3.60. The van der Waals surface area contributed by atoms with Gasteiger partial charge in [0.05, 0.1) is 10.7 Å². The monoisotopic (exact) mass is 288 g/mol. The van der Waals surface area contributed by atoms with Crippen LogP contribution in [0.15, 0.2) is 48.5 Å². The molecule has 0 saturated heterocycles. The molecule has 2 aromatic rings. The second kappa shape index (κ2) is 7.20. The van der Waals surface area contributed by atoms with E-state index in [1.807, 2.05) is 24.3 Å². The van der Waals surface area contributed by atoms with Crippen molar-refractivity contribution in [1.82, 2.24) is 0 Å². The number of nitrogens with one attached hydrogen (secondary N) is 1. The number of benzene rings is 2. The molecule has 0 radical (unpaired) electrons. The molecule has 0 aliphatic rings. The van der Waals surface area contributed by atoms with Crippen LogP contribution in [0.3, 0.4) is 0 Å². The summed E-state index contributed by atoms with van der Waals surface area (Å²) in [6.07, 6.45) is 1.08. The number of para-hydroxylation sites is 1. The fourth-order valence-corrected chi connectivity index (χ4v) is 2.28. The van der Waals surface area contributed by atoms with Crippen molar-refractivity contribution in [3.05, 3.63) is 59.1 Å². The third-order valence-electron chi connectivity index (χ3n) is 3.42. The standard InChI is InChI=1S/C17H21ClN2/c1-3-14-8-10-15(11-9-14)20(2)13-12-19-17-7-5-4-6-16(17)18/h4-11,19H,3,12-13H2,1-2H3. The molecule has 20 heavy (non-hydrogen) atoms. The Labute approximate surface area is 126 Å². The van der Waals surface area contributed by atoms with Crippen molar-refractivity contribution in [2.45, 2.75) is 13.3 Å². The molecule has 0 amide bonds. The summed E-state index contributed by atoms with van der Waals surface area (Å²) in [7, 11) is 2.11. The molecule has 0 aromatic heterocycles. The number of anilines is 2. The van der Waals surface area contributed by atoms with E-state index < -0.39 is 0 Å². The van der Waals surface area contributed by atoms with E-state index in [-0.39, 0.29) is 0 Å². The van der Waals surface area contributed by atoms with Gasteiger partial charge in [-0.15, -0.1) is 0 Å². The maximum atomic E-state index is 6.11. The van der Waals surface area contributed by atoms with Gasteiger partial charge in [-0.1, -0.05) is 42.8 Å². The van der Waals surface area contributed by atoms with Gasteiger partial charge in [-0.05, 0) is 36.2 Å². The van der Waals surface area contributed by atoms with Gasteiger partial charge < -0.3 is 10.2 Å². The van der Waals surface area contributed by atoms with E-state index >= 15 is 0 Å². The normalized spacial score (nSPS) is 10.3. The van der Waals surface area contributed by atoms with Crippen molar-refractivity contribution in [3.8, 4) is 0 Å². The van der Waals surface area contributed by atoms with Crippen LogP contribution in [-0.2, 0) is 6.42 Å². The lowest BCUT2D eigenvalue weighted by Gasteiger charge is -2.20. The van der Waals surface area contributed by atoms with Crippen molar-refractivity contribution in [3.63, 3.8) is 0 Å². The first-order valence-corrected chi connectivity index (χ1v) is 7.37. The highest BCUT2D eigenvalue weighted by Crippen LogP contribution is 2.20. The van der Waals surface area contributed by atoms with Crippen LogP contribution in [0.4, 0.5) is 11.4 Å². The van der Waals surface area contributed by atoms with E-state index in [0.717, 1.165) is 30.2 Å². The van der Waals surface area contributed by atoms with Gasteiger partial charge in [0, 0.05) is 25.8 Å². The van der Waals surface area contributed by atoms with Crippen LogP contribution < -0.4 is 10.2 Å². The van der Waals surface area contributed by atoms with Gasteiger partial charge >= 0.3 is 0 Å². The summed E-state index contributed by atoms with van der Waals surface area (Å²) >= 11 is 6.11. The van der Waals surface area contributed by atoms with Crippen molar-refractivity contribution in [2.24, 2.45) is 0 Å². The summed E-state index contributed by atoms with van der Waals surface area (Å²) in [4.78, 5) is 2.24. The minimum absolute atomic E-state index is 0.766. The van der Waals surface area contributed by atoms with E-state index in [9.17, 15) is 0 Å². The Morgan fingerprint density at radius 1 is 1.05 bits per heavy atom. The van der Waals surface area contributed by atoms with Crippen LogP contribution in [0.1, 0.15) is 12.5 Å². The van der Waals surface area contributed by atoms with E-state index in [1.165, 1.54) is 11.3 Å². The highest BCUT2D eigenvalue weighted by Gasteiger charge is 2.02. The minimum atomic E-state index is 0.766. The number of hydrogen-bond donors (Lipinski definition) is 1. The van der Waals surface area contributed by atoms with Crippen molar-refractivity contribution >= 4 is 23.0 Å². The second-order valence-corrected chi connectivity index (χ2v) is 5.26. The van der Waals surface area contributed by atoms with Gasteiger partial charge in [0.25, 0.3) is 0 Å². The van der Waals surface area contributed by atoms with E-state index in [0.29, 0.717) is 0 Å². The molecule has 0 atom stereocenters. The molecule has 0 fully saturated rings. The van der Waals surface area contributed by atoms with Gasteiger partial charge in [0.2, 0.25) is 0 Å². The maximum Gasteiger partial charge on any atom is 0.0637 e. The molecule has 0 bridgehead atoms. The number of rotatable bonds is 6. The van der Waals surface area contributed by atoms with Crippen LogP contribution >= 0.6 is 11.6 Å². The quantitative estimate of drug-likeness (QED) is 0.845. The second-order valence-electron chi connectivity index (χ2n) is 4.85. The lowest BCUT2D eigenvalue weighted by molar-refractivity contribution is 0.914. The predicted molar refractivity (Wildman–Crippen MR) is 89.0 cm³/mol. The van der Waals surface area contributed by atoms with Crippen LogP contribution in [0.2, 0.25) is 5.02 Å². The molecule has 0 unspecified atom stereocenters. The van der Waals surface area contributed by atoms with Crippen LogP contribution in [-0.4, -0.2) is 20.1 Å². The molecule has 0 saturated carbocycles. The maximum absolute atomic E-state index is 6.11. The third kappa shape index (κ3) is 3.91. The lowest BCUT2D eigenvalue weighted by Crippen LogP contribution is -2.24. The van der Waals surface area contributed by atoms with Crippen molar-refractivity contribution in [1.29, 1.82) is 0 Å². The first kappa shape index (κ1) is 14.7. The van der Waals surface area contributed by atoms with Crippen molar-refractivity contribution < 1.29 is 0 Å². The lowest BCUT2D eigenvalue weighted by atomic mass is 10.1. The zero-order valence-corrected chi connectivity index (χ0v) is 12.8. The Bertz CT molecular complexity index is 537. The molecule has 0 spiro atoms. The Morgan fingerprint density at radius 2 is 1.75 bits per heavy atom. The third-order valence-corrected chi connectivity index (χ3v) is 3.75. The van der Waals surface area contributed by atoms with Gasteiger partial charge in [0.15, 0.2) is 0 Å². The first-order chi connectivity index (χ1) is 9.70. The Balaban J connectivity index is 1.85. The molecule has 1 N–H and O–H groups in total. The molecule has 106 valence electrons. The van der Waals surface area contributed by atoms with Crippen molar-refractivity contribution in [2.75, 3.05) is 30.4 Å². The summed E-state index contributed by atoms with van der Waals surface area (Å²) in [6.45, 7) is 3.96. The Morgan fingerprint density at radius 3 is 2.40 bits per heavy atom. The SMILES string of the molecule is CCc1ccc(N(C)CCNc2ccccc2Cl)cc1. The summed E-state index contributed by atoms with van der Waals surface area (Å²) in [5.74, 6) is 0. The molecule has 0 aliphatic carbocycles. The highest BCUT2D eigenvalue weighted by atomic mass is 35.5. The van der Waals surface area contributed by atoms with Gasteiger partial charge in [-0.2, -0.15) is 0 Å². The first-order valence-electron chi connectivity index (χ1n) is 6.99.